The molecule has 0 unspecified atom stereocenters. The van der Waals surface area contributed by atoms with E-state index in [1.54, 1.807) is 25.1 Å². The Balaban J connectivity index is 2.37. The molecule has 0 aromatic heterocycles. The largest absolute Gasteiger partial charge is 0.279 e. The summed E-state index contributed by atoms with van der Waals surface area (Å²) >= 11 is 0. The number of hydrogen-bond acceptors (Lipinski definition) is 4. The number of nitrogens with zero attached hydrogens (tertiary/aromatic N) is 1. The fraction of sp³-hybridized carbons (Fsp3) is 0.0769. The quantitative estimate of drug-likeness (QED) is 0.646. The van der Waals surface area contributed by atoms with Gasteiger partial charge in [0.05, 0.1) is 15.5 Å². The van der Waals surface area contributed by atoms with E-state index in [0.29, 0.717) is 22.4 Å². The Bertz CT molecular complexity index is 843. The van der Waals surface area contributed by atoms with Gasteiger partial charge in [-0.2, -0.15) is 0 Å². The van der Waals surface area contributed by atoms with Crippen molar-refractivity contribution in [2.45, 2.75) is 11.8 Å². The molecular weight excluding hydrogens is 280 g/mol. The maximum Gasteiger partial charge on any atom is 0.273 e. The predicted octanol–water partition coefficient (Wildman–Crippen LogP) is 2.68. The number of sulfonamides is 1. The average molecular weight is 290 g/mol. The van der Waals surface area contributed by atoms with Crippen LogP contribution in [0.5, 0.6) is 0 Å². The second-order valence-electron chi connectivity index (χ2n) is 4.54. The number of nitrogens with one attached hydrogen (secondary N) is 1. The summed E-state index contributed by atoms with van der Waals surface area (Å²) in [7, 11) is -3.63. The molecule has 1 heterocycles. The Morgan fingerprint density at radius 3 is 2.55 bits per heavy atom. The maximum absolute atomic E-state index is 12.1. The van der Waals surface area contributed by atoms with Crippen LogP contribution < -0.4 is 4.72 Å². The highest BCUT2D eigenvalue weighted by atomic mass is 32.2. The first-order valence-corrected chi connectivity index (χ1v) is 7.30. The van der Waals surface area contributed by atoms with E-state index in [1.807, 2.05) is 0 Å². The zero-order valence-corrected chi connectivity index (χ0v) is 11.3. The molecule has 2 aromatic rings. The van der Waals surface area contributed by atoms with Crippen molar-refractivity contribution in [3.63, 3.8) is 0 Å². The maximum atomic E-state index is 12.1. The second-order valence-corrected chi connectivity index (χ2v) is 6.19. The number of rotatable bonds is 1. The number of fused-ring (bicyclic) bond motifs is 3. The Labute approximate surface area is 115 Å². The summed E-state index contributed by atoms with van der Waals surface area (Å²) in [5, 5.41) is 11.0. The number of nitro groups is 1. The molecule has 0 bridgehead atoms. The van der Waals surface area contributed by atoms with Crippen LogP contribution in [0.25, 0.3) is 11.1 Å². The lowest BCUT2D eigenvalue weighted by Gasteiger charge is -2.21. The smallest absolute Gasteiger partial charge is 0.273 e. The third-order valence-corrected chi connectivity index (χ3v) is 4.67. The normalized spacial score (nSPS) is 14.8. The van der Waals surface area contributed by atoms with Crippen molar-refractivity contribution in [2.24, 2.45) is 0 Å². The minimum Gasteiger partial charge on any atom is -0.279 e. The Hall–Kier alpha value is -2.41. The minimum absolute atomic E-state index is 0.0281. The predicted molar refractivity (Wildman–Crippen MR) is 74.1 cm³/mol. The minimum atomic E-state index is -3.63. The fourth-order valence-electron chi connectivity index (χ4n) is 2.32. The first-order chi connectivity index (χ1) is 9.40. The van der Waals surface area contributed by atoms with Gasteiger partial charge in [0.2, 0.25) is 0 Å². The fourth-order valence-corrected chi connectivity index (χ4v) is 3.62. The van der Waals surface area contributed by atoms with Gasteiger partial charge in [0, 0.05) is 22.8 Å². The standard InChI is InChI=1S/C13H10N2O4S/c1-8-6-11-10(7-12(8)15(16)17)9-4-2-3-5-13(9)20(18,19)14-11/h2-7,14H,1H3. The summed E-state index contributed by atoms with van der Waals surface area (Å²) in [6.07, 6.45) is 0. The molecule has 1 aliphatic heterocycles. The first-order valence-electron chi connectivity index (χ1n) is 5.81. The molecular formula is C13H10N2O4S. The molecule has 20 heavy (non-hydrogen) atoms. The van der Waals surface area contributed by atoms with Crippen molar-refractivity contribution in [1.29, 1.82) is 0 Å². The van der Waals surface area contributed by atoms with Crippen LogP contribution in [0.4, 0.5) is 11.4 Å². The number of aryl methyl sites for hydroxylation is 1. The topological polar surface area (TPSA) is 89.3 Å². The van der Waals surface area contributed by atoms with Gasteiger partial charge in [-0.3, -0.25) is 14.8 Å². The highest BCUT2D eigenvalue weighted by Crippen LogP contribution is 2.41. The molecule has 0 atom stereocenters. The van der Waals surface area contributed by atoms with Crippen molar-refractivity contribution < 1.29 is 13.3 Å². The van der Waals surface area contributed by atoms with Crippen molar-refractivity contribution in [1.82, 2.24) is 0 Å². The molecule has 6 nitrogen and oxygen atoms in total. The van der Waals surface area contributed by atoms with Crippen molar-refractivity contribution in [2.75, 3.05) is 4.72 Å². The molecule has 7 heteroatoms. The van der Waals surface area contributed by atoms with Crippen LogP contribution in [0.15, 0.2) is 41.3 Å². The lowest BCUT2D eigenvalue weighted by Crippen LogP contribution is -2.19. The summed E-state index contributed by atoms with van der Waals surface area (Å²) in [4.78, 5) is 10.7. The summed E-state index contributed by atoms with van der Waals surface area (Å²) in [5.74, 6) is 0. The van der Waals surface area contributed by atoms with Crippen LogP contribution in [0.2, 0.25) is 0 Å². The summed E-state index contributed by atoms with van der Waals surface area (Å²) in [6, 6.07) is 9.34. The molecule has 2 aromatic carbocycles. The van der Waals surface area contributed by atoms with Crippen LogP contribution in [0, 0.1) is 17.0 Å². The van der Waals surface area contributed by atoms with Gasteiger partial charge in [0.15, 0.2) is 0 Å². The summed E-state index contributed by atoms with van der Waals surface area (Å²) in [5.41, 5.74) is 1.75. The monoisotopic (exact) mass is 290 g/mol. The molecule has 0 saturated heterocycles. The van der Waals surface area contributed by atoms with Gasteiger partial charge in [-0.1, -0.05) is 18.2 Å². The molecule has 0 radical (unpaired) electrons. The van der Waals surface area contributed by atoms with Crippen LogP contribution in [-0.4, -0.2) is 13.3 Å². The van der Waals surface area contributed by atoms with Crippen molar-refractivity contribution in [3.8, 4) is 11.1 Å². The van der Waals surface area contributed by atoms with E-state index in [2.05, 4.69) is 4.72 Å². The van der Waals surface area contributed by atoms with Gasteiger partial charge in [-0.05, 0) is 19.1 Å². The molecule has 3 rings (SSSR count). The van der Waals surface area contributed by atoms with E-state index in [4.69, 9.17) is 0 Å². The highest BCUT2D eigenvalue weighted by Gasteiger charge is 2.29. The highest BCUT2D eigenvalue weighted by molar-refractivity contribution is 7.93. The molecule has 0 saturated carbocycles. The van der Waals surface area contributed by atoms with Gasteiger partial charge in [-0.15, -0.1) is 0 Å². The van der Waals surface area contributed by atoms with Gasteiger partial charge in [0.1, 0.15) is 0 Å². The molecule has 0 spiro atoms. The number of benzene rings is 2. The molecule has 1 aliphatic rings. The SMILES string of the molecule is Cc1cc2c(cc1[N+](=O)[O-])-c1ccccc1S(=O)(=O)N2. The lowest BCUT2D eigenvalue weighted by atomic mass is 10.0. The Morgan fingerprint density at radius 1 is 1.15 bits per heavy atom. The van der Waals surface area contributed by atoms with Gasteiger partial charge >= 0.3 is 0 Å². The molecule has 102 valence electrons. The third-order valence-electron chi connectivity index (χ3n) is 3.24. The first kappa shape index (κ1) is 12.6. The van der Waals surface area contributed by atoms with Crippen LogP contribution in [-0.2, 0) is 10.0 Å². The number of hydrogen-bond donors (Lipinski definition) is 1. The van der Waals surface area contributed by atoms with Gasteiger partial charge in [0.25, 0.3) is 15.7 Å². The van der Waals surface area contributed by atoms with Gasteiger partial charge in [-0.25, -0.2) is 8.42 Å². The van der Waals surface area contributed by atoms with Crippen LogP contribution in [0.1, 0.15) is 5.56 Å². The van der Waals surface area contributed by atoms with E-state index >= 15 is 0 Å². The van der Waals surface area contributed by atoms with E-state index in [0.717, 1.165) is 0 Å². The zero-order valence-electron chi connectivity index (χ0n) is 10.5. The van der Waals surface area contributed by atoms with Gasteiger partial charge < -0.3 is 0 Å². The molecule has 0 amide bonds. The van der Waals surface area contributed by atoms with Crippen LogP contribution >= 0.6 is 0 Å². The molecule has 0 fully saturated rings. The number of anilines is 1. The Morgan fingerprint density at radius 2 is 1.85 bits per heavy atom. The number of nitro benzene ring substituents is 1. The molecule has 1 N–H and O–H groups in total. The third kappa shape index (κ3) is 1.75. The zero-order chi connectivity index (χ0) is 14.5. The van der Waals surface area contributed by atoms with Crippen molar-refractivity contribution >= 4 is 21.4 Å². The average Bonchev–Trinajstić information content (AvgIpc) is 2.37. The van der Waals surface area contributed by atoms with E-state index in [1.165, 1.54) is 18.2 Å². The van der Waals surface area contributed by atoms with E-state index in [-0.39, 0.29) is 10.6 Å². The van der Waals surface area contributed by atoms with Crippen molar-refractivity contribution in [3.05, 3.63) is 52.1 Å². The van der Waals surface area contributed by atoms with E-state index < -0.39 is 14.9 Å². The lowest BCUT2D eigenvalue weighted by molar-refractivity contribution is -0.385. The van der Waals surface area contributed by atoms with E-state index in [9.17, 15) is 18.5 Å². The summed E-state index contributed by atoms with van der Waals surface area (Å²) < 4.78 is 26.7. The Kier molecular flexibility index (Phi) is 2.55. The molecule has 0 aliphatic carbocycles. The second kappa shape index (κ2) is 4.04. The summed E-state index contributed by atoms with van der Waals surface area (Å²) in [6.45, 7) is 1.58. The van der Waals surface area contributed by atoms with Crippen LogP contribution in [0.3, 0.4) is 0 Å².